The summed E-state index contributed by atoms with van der Waals surface area (Å²) in [6, 6.07) is 9.46. The number of carboxylic acid groups (broad SMARTS) is 1. The van der Waals surface area contributed by atoms with Crippen LogP contribution >= 0.6 is 0 Å². The molecule has 6 heteroatoms. The van der Waals surface area contributed by atoms with E-state index in [-0.39, 0.29) is 24.1 Å². The number of hydrogen-bond acceptors (Lipinski definition) is 4. The van der Waals surface area contributed by atoms with E-state index in [1.807, 2.05) is 37.3 Å². The van der Waals surface area contributed by atoms with Gasteiger partial charge in [-0.1, -0.05) is 42.4 Å². The maximum absolute atomic E-state index is 12.1. The van der Waals surface area contributed by atoms with Gasteiger partial charge in [-0.25, -0.2) is 4.79 Å². The molecule has 20 heavy (non-hydrogen) atoms. The van der Waals surface area contributed by atoms with Gasteiger partial charge in [-0.2, -0.15) is 0 Å². The van der Waals surface area contributed by atoms with Crippen molar-refractivity contribution in [2.75, 3.05) is 0 Å². The maximum atomic E-state index is 12.1. The number of nitrogens with one attached hydrogen (secondary N) is 1. The predicted molar refractivity (Wildman–Crippen MR) is 72.2 cm³/mol. The molecule has 0 radical (unpaired) electrons. The van der Waals surface area contributed by atoms with Gasteiger partial charge in [0, 0.05) is 6.42 Å². The fraction of sp³-hybridized carbons (Fsp3) is 0.357. The number of oxime groups is 1. The van der Waals surface area contributed by atoms with Gasteiger partial charge < -0.3 is 15.3 Å². The summed E-state index contributed by atoms with van der Waals surface area (Å²) >= 11 is 0. The second-order valence-corrected chi connectivity index (χ2v) is 4.52. The van der Waals surface area contributed by atoms with Gasteiger partial charge in [0.05, 0.1) is 6.04 Å². The quantitative estimate of drug-likeness (QED) is 0.852. The highest BCUT2D eigenvalue weighted by Gasteiger charge is 2.32. The fourth-order valence-electron chi connectivity index (χ4n) is 2.02. The molecule has 2 N–H and O–H groups in total. The van der Waals surface area contributed by atoms with Crippen molar-refractivity contribution in [1.82, 2.24) is 5.32 Å². The first-order valence-electron chi connectivity index (χ1n) is 6.43. The van der Waals surface area contributed by atoms with Gasteiger partial charge >= 0.3 is 5.97 Å². The molecular formula is C14H16N2O4. The zero-order valence-corrected chi connectivity index (χ0v) is 11.1. The number of rotatable bonds is 5. The van der Waals surface area contributed by atoms with Gasteiger partial charge in [0.2, 0.25) is 6.10 Å². The van der Waals surface area contributed by atoms with Crippen LogP contribution in [0.1, 0.15) is 31.4 Å². The van der Waals surface area contributed by atoms with Crippen LogP contribution in [0.15, 0.2) is 35.5 Å². The summed E-state index contributed by atoms with van der Waals surface area (Å²) in [7, 11) is 0. The fourth-order valence-corrected chi connectivity index (χ4v) is 2.02. The smallest absolute Gasteiger partial charge is 0.353 e. The number of nitrogens with zero attached hydrogens (tertiary/aromatic N) is 1. The summed E-state index contributed by atoms with van der Waals surface area (Å²) in [6.45, 7) is 1.96. The number of benzene rings is 1. The monoisotopic (exact) mass is 276 g/mol. The van der Waals surface area contributed by atoms with E-state index in [1.54, 1.807) is 0 Å². The Balaban J connectivity index is 1.96. The summed E-state index contributed by atoms with van der Waals surface area (Å²) in [4.78, 5) is 27.6. The molecule has 0 aliphatic carbocycles. The summed E-state index contributed by atoms with van der Waals surface area (Å²) in [5.74, 6) is -1.50. The first-order chi connectivity index (χ1) is 9.61. The van der Waals surface area contributed by atoms with E-state index in [1.165, 1.54) is 0 Å². The molecule has 1 aliphatic rings. The first-order valence-corrected chi connectivity index (χ1v) is 6.43. The summed E-state index contributed by atoms with van der Waals surface area (Å²) in [5, 5.41) is 15.0. The normalized spacial score (nSPS) is 18.9. The number of carbonyl (C=O) groups excluding carboxylic acids is 1. The largest absolute Gasteiger partial charge is 0.477 e. The average molecular weight is 276 g/mol. The van der Waals surface area contributed by atoms with Crippen LogP contribution in [0.4, 0.5) is 0 Å². The molecule has 0 fully saturated rings. The third-order valence-electron chi connectivity index (χ3n) is 3.13. The Bertz CT molecular complexity index is 527. The summed E-state index contributed by atoms with van der Waals surface area (Å²) in [5.41, 5.74) is 0.874. The summed E-state index contributed by atoms with van der Waals surface area (Å²) < 4.78 is 0. The highest BCUT2D eigenvalue weighted by molar-refractivity contribution is 6.36. The van der Waals surface area contributed by atoms with Crippen LogP contribution in [0.3, 0.4) is 0 Å². The number of carbonyl (C=O) groups is 2. The molecule has 0 bridgehead atoms. The van der Waals surface area contributed by atoms with E-state index in [9.17, 15) is 9.59 Å². The number of aliphatic carboxylic acids is 1. The molecule has 0 saturated heterocycles. The topological polar surface area (TPSA) is 88.0 Å². The van der Waals surface area contributed by atoms with Crippen molar-refractivity contribution < 1.29 is 19.5 Å². The molecule has 106 valence electrons. The second kappa shape index (κ2) is 6.18. The Morgan fingerprint density at radius 2 is 2.15 bits per heavy atom. The highest BCUT2D eigenvalue weighted by Crippen LogP contribution is 2.18. The van der Waals surface area contributed by atoms with E-state index in [0.29, 0.717) is 0 Å². The lowest BCUT2D eigenvalue weighted by atomic mass is 10.0. The van der Waals surface area contributed by atoms with Gasteiger partial charge in [-0.3, -0.25) is 4.79 Å². The zero-order valence-electron chi connectivity index (χ0n) is 11.1. The lowest BCUT2D eigenvalue weighted by molar-refractivity contribution is -0.132. The van der Waals surface area contributed by atoms with Crippen molar-refractivity contribution in [2.24, 2.45) is 5.16 Å². The molecule has 2 unspecified atom stereocenters. The molecule has 1 aliphatic heterocycles. The van der Waals surface area contributed by atoms with Gasteiger partial charge in [-0.05, 0) is 12.0 Å². The first kappa shape index (κ1) is 14.0. The van der Waals surface area contributed by atoms with Crippen LogP contribution in [-0.2, 0) is 14.4 Å². The minimum atomic E-state index is -1.16. The van der Waals surface area contributed by atoms with Crippen molar-refractivity contribution >= 4 is 17.6 Å². The van der Waals surface area contributed by atoms with Crippen LogP contribution in [0.25, 0.3) is 0 Å². The molecule has 0 aromatic heterocycles. The standard InChI is InChI=1S/C14H16N2O4/c1-2-10(9-6-4-3-5-7-9)15-13(17)12-8-11(14(18)19)16-20-12/h3-7,10,12H,2,8H2,1H3,(H,15,17)(H,18,19). The predicted octanol–water partition coefficient (Wildman–Crippen LogP) is 1.48. The molecule has 0 spiro atoms. The minimum Gasteiger partial charge on any atom is -0.477 e. The molecular weight excluding hydrogens is 260 g/mol. The van der Waals surface area contributed by atoms with Crippen LogP contribution < -0.4 is 5.32 Å². The van der Waals surface area contributed by atoms with Crippen molar-refractivity contribution in [1.29, 1.82) is 0 Å². The van der Waals surface area contributed by atoms with Crippen LogP contribution in [-0.4, -0.2) is 28.8 Å². The number of hydrogen-bond donors (Lipinski definition) is 2. The lowest BCUT2D eigenvalue weighted by Crippen LogP contribution is -2.37. The second-order valence-electron chi connectivity index (χ2n) is 4.52. The Morgan fingerprint density at radius 3 is 2.70 bits per heavy atom. The molecule has 0 saturated carbocycles. The maximum Gasteiger partial charge on any atom is 0.353 e. The summed E-state index contributed by atoms with van der Waals surface area (Å²) in [6.07, 6.45) is -0.138. The SMILES string of the molecule is CCC(NC(=O)C1CC(C(=O)O)=NO1)c1ccccc1. The Kier molecular flexibility index (Phi) is 4.34. The molecule has 2 atom stereocenters. The molecule has 1 heterocycles. The Morgan fingerprint density at radius 1 is 1.45 bits per heavy atom. The Labute approximate surface area is 116 Å². The van der Waals surface area contributed by atoms with Gasteiger partial charge in [0.25, 0.3) is 5.91 Å². The van der Waals surface area contributed by atoms with Crippen molar-refractivity contribution in [3.05, 3.63) is 35.9 Å². The Hall–Kier alpha value is -2.37. The molecule has 1 amide bonds. The van der Waals surface area contributed by atoms with Crippen molar-refractivity contribution in [2.45, 2.75) is 31.9 Å². The molecule has 2 rings (SSSR count). The number of amides is 1. The molecule has 1 aromatic rings. The van der Waals surface area contributed by atoms with Gasteiger partial charge in [-0.15, -0.1) is 0 Å². The van der Waals surface area contributed by atoms with E-state index >= 15 is 0 Å². The third kappa shape index (κ3) is 3.14. The van der Waals surface area contributed by atoms with Crippen molar-refractivity contribution in [3.8, 4) is 0 Å². The van der Waals surface area contributed by atoms with Crippen LogP contribution in [0, 0.1) is 0 Å². The van der Waals surface area contributed by atoms with E-state index in [4.69, 9.17) is 9.94 Å². The zero-order chi connectivity index (χ0) is 14.5. The average Bonchev–Trinajstić information content (AvgIpc) is 2.95. The highest BCUT2D eigenvalue weighted by atomic mass is 16.6. The van der Waals surface area contributed by atoms with Gasteiger partial charge in [0.1, 0.15) is 0 Å². The van der Waals surface area contributed by atoms with E-state index in [2.05, 4.69) is 10.5 Å². The molecule has 6 nitrogen and oxygen atoms in total. The van der Waals surface area contributed by atoms with E-state index < -0.39 is 12.1 Å². The van der Waals surface area contributed by atoms with Crippen molar-refractivity contribution in [3.63, 3.8) is 0 Å². The third-order valence-corrected chi connectivity index (χ3v) is 3.13. The minimum absolute atomic E-state index is 0.00755. The molecule has 1 aromatic carbocycles. The lowest BCUT2D eigenvalue weighted by Gasteiger charge is -2.19. The van der Waals surface area contributed by atoms with Crippen LogP contribution in [0.2, 0.25) is 0 Å². The van der Waals surface area contributed by atoms with Gasteiger partial charge in [0.15, 0.2) is 5.71 Å². The van der Waals surface area contributed by atoms with E-state index in [0.717, 1.165) is 12.0 Å². The van der Waals surface area contributed by atoms with Crippen LogP contribution in [0.5, 0.6) is 0 Å². The number of carboxylic acids is 1.